The van der Waals surface area contributed by atoms with Gasteiger partial charge in [0.2, 0.25) is 0 Å². The van der Waals surface area contributed by atoms with Gasteiger partial charge in [0.15, 0.2) is 0 Å². The molecule has 1 aromatic heterocycles. The predicted molar refractivity (Wildman–Crippen MR) is 53.9 cm³/mol. The normalized spacial score (nSPS) is 13.2. The molecule has 0 radical (unpaired) electrons. The average molecular weight is 205 g/mol. The molecular weight excluding hydrogens is 192 g/mol. The average Bonchev–Trinajstić information content (AvgIpc) is 2.47. The fraction of sp³-hybridized carbons (Fsp3) is 0.556. The van der Waals surface area contributed by atoms with Crippen molar-refractivity contribution in [1.29, 1.82) is 0 Å². The molecule has 1 N–H and O–H groups in total. The van der Waals surface area contributed by atoms with E-state index in [2.05, 4.69) is 13.0 Å². The molecule has 0 aliphatic carbocycles. The first-order valence-corrected chi connectivity index (χ1v) is 5.27. The van der Waals surface area contributed by atoms with Crippen LogP contribution in [-0.2, 0) is 6.42 Å². The number of hydrogen-bond acceptors (Lipinski definition) is 2. The summed E-state index contributed by atoms with van der Waals surface area (Å²) in [5.41, 5.74) is 0. The van der Waals surface area contributed by atoms with Gasteiger partial charge in [0, 0.05) is 11.5 Å². The topological polar surface area (TPSA) is 20.2 Å². The molecule has 0 amide bonds. The van der Waals surface area contributed by atoms with Crippen LogP contribution < -0.4 is 0 Å². The number of halogens is 1. The first kappa shape index (κ1) is 10.0. The summed E-state index contributed by atoms with van der Waals surface area (Å²) in [4.78, 5) is 1.31. The number of aryl methyl sites for hydroxylation is 1. The van der Waals surface area contributed by atoms with Crippen LogP contribution >= 0.6 is 22.9 Å². The maximum atomic E-state index is 8.80. The molecule has 1 atom stereocenters. The van der Waals surface area contributed by atoms with Crippen molar-refractivity contribution in [3.63, 3.8) is 0 Å². The van der Waals surface area contributed by atoms with Crippen LogP contribution in [0.15, 0.2) is 12.1 Å². The second-order valence-corrected chi connectivity index (χ2v) is 4.83. The SMILES string of the molecule is CC(CO)CCc1ccc(Cl)s1. The van der Waals surface area contributed by atoms with E-state index in [0.29, 0.717) is 5.92 Å². The van der Waals surface area contributed by atoms with Crippen molar-refractivity contribution in [3.05, 3.63) is 21.3 Å². The Morgan fingerprint density at radius 2 is 2.33 bits per heavy atom. The van der Waals surface area contributed by atoms with Crippen molar-refractivity contribution in [2.24, 2.45) is 5.92 Å². The Morgan fingerprint density at radius 3 is 2.83 bits per heavy atom. The standard InChI is InChI=1S/C9H13ClOS/c1-7(6-11)2-3-8-4-5-9(10)12-8/h4-5,7,11H,2-3,6H2,1H3. The van der Waals surface area contributed by atoms with Crippen molar-refractivity contribution >= 4 is 22.9 Å². The van der Waals surface area contributed by atoms with Crippen LogP contribution in [0.2, 0.25) is 4.34 Å². The highest BCUT2D eigenvalue weighted by Gasteiger charge is 2.02. The summed E-state index contributed by atoms with van der Waals surface area (Å²) in [6.07, 6.45) is 2.06. The zero-order chi connectivity index (χ0) is 8.97. The number of thiophene rings is 1. The van der Waals surface area contributed by atoms with E-state index in [1.807, 2.05) is 6.07 Å². The van der Waals surface area contributed by atoms with Crippen molar-refractivity contribution in [2.75, 3.05) is 6.61 Å². The highest BCUT2D eigenvalue weighted by atomic mass is 35.5. The maximum absolute atomic E-state index is 8.80. The Hall–Kier alpha value is -0.0500. The molecule has 0 bridgehead atoms. The molecule has 1 heterocycles. The zero-order valence-electron chi connectivity index (χ0n) is 7.09. The van der Waals surface area contributed by atoms with Crippen LogP contribution in [0.4, 0.5) is 0 Å². The van der Waals surface area contributed by atoms with Gasteiger partial charge in [-0.25, -0.2) is 0 Å². The first-order valence-electron chi connectivity index (χ1n) is 4.07. The van der Waals surface area contributed by atoms with Crippen molar-refractivity contribution < 1.29 is 5.11 Å². The van der Waals surface area contributed by atoms with Gasteiger partial charge in [0.1, 0.15) is 0 Å². The third kappa shape index (κ3) is 3.13. The number of aliphatic hydroxyl groups excluding tert-OH is 1. The molecule has 0 saturated carbocycles. The summed E-state index contributed by atoms with van der Waals surface area (Å²) in [6, 6.07) is 3.97. The Morgan fingerprint density at radius 1 is 1.58 bits per heavy atom. The van der Waals surface area contributed by atoms with E-state index in [0.717, 1.165) is 17.2 Å². The molecule has 1 unspecified atom stereocenters. The van der Waals surface area contributed by atoms with E-state index in [-0.39, 0.29) is 6.61 Å². The second kappa shape index (κ2) is 4.85. The van der Waals surface area contributed by atoms with E-state index >= 15 is 0 Å². The Balaban J connectivity index is 2.33. The fourth-order valence-corrected chi connectivity index (χ4v) is 2.07. The van der Waals surface area contributed by atoms with Gasteiger partial charge < -0.3 is 5.11 Å². The Labute approximate surface area is 82.0 Å². The van der Waals surface area contributed by atoms with Crippen LogP contribution in [0, 0.1) is 5.92 Å². The van der Waals surface area contributed by atoms with Crippen molar-refractivity contribution in [1.82, 2.24) is 0 Å². The second-order valence-electron chi connectivity index (χ2n) is 3.03. The minimum Gasteiger partial charge on any atom is -0.396 e. The summed E-state index contributed by atoms with van der Waals surface area (Å²) in [5.74, 6) is 0.394. The molecule has 3 heteroatoms. The highest BCUT2D eigenvalue weighted by molar-refractivity contribution is 7.16. The van der Waals surface area contributed by atoms with Crippen molar-refractivity contribution in [3.8, 4) is 0 Å². The van der Waals surface area contributed by atoms with Gasteiger partial charge in [-0.1, -0.05) is 18.5 Å². The van der Waals surface area contributed by atoms with Gasteiger partial charge in [-0.05, 0) is 30.9 Å². The van der Waals surface area contributed by atoms with Gasteiger partial charge in [-0.3, -0.25) is 0 Å². The van der Waals surface area contributed by atoms with Crippen LogP contribution in [0.1, 0.15) is 18.2 Å². The molecular formula is C9H13ClOS. The van der Waals surface area contributed by atoms with Gasteiger partial charge in [-0.15, -0.1) is 11.3 Å². The molecule has 12 heavy (non-hydrogen) atoms. The summed E-state index contributed by atoms with van der Waals surface area (Å²) < 4.78 is 0.849. The molecule has 0 aliphatic heterocycles. The molecule has 1 nitrogen and oxygen atoms in total. The van der Waals surface area contributed by atoms with Gasteiger partial charge in [0.25, 0.3) is 0 Å². The molecule has 68 valence electrons. The summed E-state index contributed by atoms with van der Waals surface area (Å²) in [5, 5.41) is 8.80. The lowest BCUT2D eigenvalue weighted by atomic mass is 10.1. The third-order valence-electron chi connectivity index (χ3n) is 1.82. The quantitative estimate of drug-likeness (QED) is 0.800. The number of hydrogen-bond donors (Lipinski definition) is 1. The molecule has 0 saturated heterocycles. The largest absolute Gasteiger partial charge is 0.396 e. The van der Waals surface area contributed by atoms with Crippen molar-refractivity contribution in [2.45, 2.75) is 19.8 Å². The first-order chi connectivity index (χ1) is 5.72. The van der Waals surface area contributed by atoms with Crippen LogP contribution in [-0.4, -0.2) is 11.7 Å². The zero-order valence-corrected chi connectivity index (χ0v) is 8.66. The number of aliphatic hydroxyl groups is 1. The minimum atomic E-state index is 0.277. The molecule has 1 aromatic rings. The van der Waals surface area contributed by atoms with Gasteiger partial charge in [0.05, 0.1) is 4.34 Å². The van der Waals surface area contributed by atoms with E-state index < -0.39 is 0 Å². The highest BCUT2D eigenvalue weighted by Crippen LogP contribution is 2.23. The Bertz CT molecular complexity index is 234. The third-order valence-corrected chi connectivity index (χ3v) is 3.11. The van der Waals surface area contributed by atoms with E-state index in [9.17, 15) is 0 Å². The monoisotopic (exact) mass is 204 g/mol. The number of rotatable bonds is 4. The van der Waals surface area contributed by atoms with Gasteiger partial charge in [-0.2, -0.15) is 0 Å². The van der Waals surface area contributed by atoms with Gasteiger partial charge >= 0.3 is 0 Å². The molecule has 0 aliphatic rings. The molecule has 0 fully saturated rings. The van der Waals surface area contributed by atoms with Crippen LogP contribution in [0.5, 0.6) is 0 Å². The molecule has 0 aromatic carbocycles. The minimum absolute atomic E-state index is 0.277. The Kier molecular flexibility index (Phi) is 4.06. The lowest BCUT2D eigenvalue weighted by molar-refractivity contribution is 0.231. The summed E-state index contributed by atoms with van der Waals surface area (Å²) >= 11 is 7.40. The fourth-order valence-electron chi connectivity index (χ4n) is 0.966. The van der Waals surface area contributed by atoms with Crippen LogP contribution in [0.25, 0.3) is 0 Å². The molecule has 0 spiro atoms. The molecule has 1 rings (SSSR count). The van der Waals surface area contributed by atoms with Crippen LogP contribution in [0.3, 0.4) is 0 Å². The summed E-state index contributed by atoms with van der Waals surface area (Å²) in [7, 11) is 0. The van der Waals surface area contributed by atoms with E-state index in [1.165, 1.54) is 4.88 Å². The summed E-state index contributed by atoms with van der Waals surface area (Å²) in [6.45, 7) is 2.33. The lowest BCUT2D eigenvalue weighted by Gasteiger charge is -2.04. The smallest absolute Gasteiger partial charge is 0.0931 e. The van der Waals surface area contributed by atoms with E-state index in [1.54, 1.807) is 11.3 Å². The predicted octanol–water partition coefficient (Wildman–Crippen LogP) is 2.96. The lowest BCUT2D eigenvalue weighted by Crippen LogP contribution is -2.01. The maximum Gasteiger partial charge on any atom is 0.0931 e. The van der Waals surface area contributed by atoms with E-state index in [4.69, 9.17) is 16.7 Å².